The fraction of sp³-hybridized carbons (Fsp3) is 0.0545. The van der Waals surface area contributed by atoms with Crippen LogP contribution in [0.2, 0.25) is 0 Å². The molecule has 1 heterocycles. The molecule has 0 spiro atoms. The summed E-state index contributed by atoms with van der Waals surface area (Å²) in [5.74, 6) is 0. The van der Waals surface area contributed by atoms with Crippen molar-refractivity contribution in [2.75, 3.05) is 4.90 Å². The second kappa shape index (κ2) is 11.9. The van der Waals surface area contributed by atoms with Gasteiger partial charge in [0, 0.05) is 38.8 Å². The minimum absolute atomic E-state index is 0.109. The zero-order valence-electron chi connectivity index (χ0n) is 31.8. The largest absolute Gasteiger partial charge is 0.455 e. The first kappa shape index (κ1) is 32.1. The van der Waals surface area contributed by atoms with E-state index in [1.165, 1.54) is 66.4 Å². The van der Waals surface area contributed by atoms with Crippen molar-refractivity contribution in [1.82, 2.24) is 0 Å². The highest BCUT2D eigenvalue weighted by molar-refractivity contribution is 6.18. The average molecular weight is 728 g/mol. The molecule has 10 aromatic rings. The van der Waals surface area contributed by atoms with Crippen LogP contribution in [0.15, 0.2) is 192 Å². The molecule has 0 N–H and O–H groups in total. The molecule has 0 aliphatic heterocycles. The molecule has 0 bridgehead atoms. The molecule has 1 aromatic heterocycles. The standard InChI is InChI=1S/C55H37NO/c1-55(2)50-19-7-5-13-43(50)44-30-29-38(33-51(44)55)56(37-27-23-35(24-28-37)40-15-9-18-49-45-14-6-8-20-52(45)57-54(40)49)36-25-21-34(22-26-36)39-31-32-48-42-12-4-3-11-41(42)47-17-10-16-46(39)53(47)48/h3-33H,1-2H3. The lowest BCUT2D eigenvalue weighted by Gasteiger charge is -2.28. The van der Waals surface area contributed by atoms with E-state index in [1.54, 1.807) is 0 Å². The van der Waals surface area contributed by atoms with Crippen molar-refractivity contribution in [2.45, 2.75) is 19.3 Å². The molecule has 0 radical (unpaired) electrons. The lowest BCUT2D eigenvalue weighted by Crippen LogP contribution is -2.16. The van der Waals surface area contributed by atoms with Gasteiger partial charge in [-0.1, -0.05) is 159 Å². The van der Waals surface area contributed by atoms with Crippen LogP contribution in [-0.4, -0.2) is 0 Å². The number of para-hydroxylation sites is 2. The maximum Gasteiger partial charge on any atom is 0.143 e. The van der Waals surface area contributed by atoms with Crippen LogP contribution in [0.4, 0.5) is 17.1 Å². The first-order chi connectivity index (χ1) is 28.0. The first-order valence-electron chi connectivity index (χ1n) is 19.8. The Morgan fingerprint density at radius 2 is 0.877 bits per heavy atom. The lowest BCUT2D eigenvalue weighted by atomic mass is 9.82. The summed E-state index contributed by atoms with van der Waals surface area (Å²) < 4.78 is 6.44. The van der Waals surface area contributed by atoms with Gasteiger partial charge in [0.2, 0.25) is 0 Å². The van der Waals surface area contributed by atoms with Crippen molar-refractivity contribution >= 4 is 49.8 Å². The van der Waals surface area contributed by atoms with Gasteiger partial charge in [-0.2, -0.15) is 0 Å². The Balaban J connectivity index is 0.979. The molecular formula is C55H37NO. The Labute approximate surface area is 331 Å². The number of nitrogens with zero attached hydrogens (tertiary/aromatic N) is 1. The van der Waals surface area contributed by atoms with Gasteiger partial charge in [0.25, 0.3) is 0 Å². The fourth-order valence-electron chi connectivity index (χ4n) is 9.89. The monoisotopic (exact) mass is 727 g/mol. The van der Waals surface area contributed by atoms with E-state index < -0.39 is 0 Å². The van der Waals surface area contributed by atoms with Crippen molar-refractivity contribution in [3.63, 3.8) is 0 Å². The fourth-order valence-corrected chi connectivity index (χ4v) is 9.89. The van der Waals surface area contributed by atoms with Crippen molar-refractivity contribution in [3.05, 3.63) is 199 Å². The minimum Gasteiger partial charge on any atom is -0.455 e. The number of benzene rings is 9. The van der Waals surface area contributed by atoms with Gasteiger partial charge in [-0.05, 0) is 114 Å². The third-order valence-electron chi connectivity index (χ3n) is 12.7. The molecule has 0 amide bonds. The molecule has 12 rings (SSSR count). The summed E-state index contributed by atoms with van der Waals surface area (Å²) in [6.45, 7) is 4.70. The van der Waals surface area contributed by atoms with Crippen LogP contribution in [0.25, 0.3) is 88.3 Å². The maximum absolute atomic E-state index is 6.44. The van der Waals surface area contributed by atoms with Gasteiger partial charge < -0.3 is 9.32 Å². The topological polar surface area (TPSA) is 16.4 Å². The number of furan rings is 1. The second-order valence-corrected chi connectivity index (χ2v) is 16.0. The van der Waals surface area contributed by atoms with E-state index in [2.05, 4.69) is 195 Å². The van der Waals surface area contributed by atoms with Gasteiger partial charge in [0.1, 0.15) is 11.2 Å². The van der Waals surface area contributed by atoms with Crippen LogP contribution in [0.5, 0.6) is 0 Å². The number of rotatable bonds is 5. The zero-order chi connectivity index (χ0) is 37.8. The van der Waals surface area contributed by atoms with Gasteiger partial charge in [-0.3, -0.25) is 0 Å². The molecule has 0 unspecified atom stereocenters. The highest BCUT2D eigenvalue weighted by Gasteiger charge is 2.35. The van der Waals surface area contributed by atoms with Gasteiger partial charge in [0.15, 0.2) is 0 Å². The molecular weight excluding hydrogens is 691 g/mol. The number of hydrogen-bond donors (Lipinski definition) is 0. The molecule has 2 aliphatic rings. The van der Waals surface area contributed by atoms with Crippen LogP contribution in [-0.2, 0) is 5.41 Å². The van der Waals surface area contributed by atoms with Crippen molar-refractivity contribution in [1.29, 1.82) is 0 Å². The van der Waals surface area contributed by atoms with Crippen molar-refractivity contribution in [2.24, 2.45) is 0 Å². The molecule has 0 fully saturated rings. The van der Waals surface area contributed by atoms with E-state index in [-0.39, 0.29) is 5.41 Å². The highest BCUT2D eigenvalue weighted by Crippen LogP contribution is 2.52. The van der Waals surface area contributed by atoms with Crippen LogP contribution in [0.1, 0.15) is 25.0 Å². The van der Waals surface area contributed by atoms with Crippen LogP contribution < -0.4 is 4.90 Å². The predicted octanol–water partition coefficient (Wildman–Crippen LogP) is 15.5. The van der Waals surface area contributed by atoms with Crippen LogP contribution >= 0.6 is 0 Å². The van der Waals surface area contributed by atoms with E-state index in [4.69, 9.17) is 4.42 Å². The van der Waals surface area contributed by atoms with Crippen LogP contribution in [0.3, 0.4) is 0 Å². The molecule has 0 atom stereocenters. The molecule has 2 heteroatoms. The van der Waals surface area contributed by atoms with Crippen molar-refractivity contribution in [3.8, 4) is 55.6 Å². The summed E-state index contributed by atoms with van der Waals surface area (Å²) in [5, 5.41) is 4.92. The summed E-state index contributed by atoms with van der Waals surface area (Å²) >= 11 is 0. The molecule has 2 aliphatic carbocycles. The summed E-state index contributed by atoms with van der Waals surface area (Å²) in [4.78, 5) is 2.40. The van der Waals surface area contributed by atoms with E-state index in [9.17, 15) is 0 Å². The van der Waals surface area contributed by atoms with E-state index in [0.717, 1.165) is 50.1 Å². The van der Waals surface area contributed by atoms with E-state index in [1.807, 2.05) is 12.1 Å². The van der Waals surface area contributed by atoms with E-state index >= 15 is 0 Å². The van der Waals surface area contributed by atoms with Gasteiger partial charge >= 0.3 is 0 Å². The SMILES string of the molecule is CC1(C)c2ccccc2-c2ccc(N(c3ccc(-c4ccc5c6c(cccc46)-c4ccccc4-5)cc3)c3ccc(-c4cccc5c4oc4ccccc45)cc3)cc21. The average Bonchev–Trinajstić information content (AvgIpc) is 3.88. The molecule has 0 saturated carbocycles. The first-order valence-corrected chi connectivity index (χ1v) is 19.8. The third-order valence-corrected chi connectivity index (χ3v) is 12.7. The third kappa shape index (κ3) is 4.65. The molecule has 57 heavy (non-hydrogen) atoms. The predicted molar refractivity (Wildman–Crippen MR) is 239 cm³/mol. The van der Waals surface area contributed by atoms with Crippen molar-refractivity contribution < 1.29 is 4.42 Å². The van der Waals surface area contributed by atoms with Gasteiger partial charge in [-0.15, -0.1) is 0 Å². The molecule has 0 saturated heterocycles. The van der Waals surface area contributed by atoms with Crippen LogP contribution in [0, 0.1) is 0 Å². The molecule has 2 nitrogen and oxygen atoms in total. The van der Waals surface area contributed by atoms with Gasteiger partial charge in [0.05, 0.1) is 0 Å². The Morgan fingerprint density at radius 1 is 0.368 bits per heavy atom. The normalized spacial score (nSPS) is 13.2. The van der Waals surface area contributed by atoms with E-state index in [0.29, 0.717) is 0 Å². The van der Waals surface area contributed by atoms with Gasteiger partial charge in [-0.25, -0.2) is 0 Å². The Hall–Kier alpha value is -7.16. The quantitative estimate of drug-likeness (QED) is 0.175. The lowest BCUT2D eigenvalue weighted by molar-refractivity contribution is 0.660. The second-order valence-electron chi connectivity index (χ2n) is 16.0. The summed E-state index contributed by atoms with van der Waals surface area (Å²) in [6.07, 6.45) is 0. The summed E-state index contributed by atoms with van der Waals surface area (Å²) in [6, 6.07) is 68.9. The Kier molecular flexibility index (Phi) is 6.72. The summed E-state index contributed by atoms with van der Waals surface area (Å²) in [5.41, 5.74) is 20.4. The highest BCUT2D eigenvalue weighted by atomic mass is 16.3. The maximum atomic E-state index is 6.44. The minimum atomic E-state index is -0.109. The smallest absolute Gasteiger partial charge is 0.143 e. The zero-order valence-corrected chi connectivity index (χ0v) is 31.8. The number of hydrogen-bond acceptors (Lipinski definition) is 2. The molecule has 9 aromatic carbocycles. The number of anilines is 3. The summed E-state index contributed by atoms with van der Waals surface area (Å²) in [7, 11) is 0. The Morgan fingerprint density at radius 3 is 1.63 bits per heavy atom. The Bertz CT molecular complexity index is 3230. The molecule has 268 valence electrons. The number of fused-ring (bicyclic) bond motifs is 9.